The van der Waals surface area contributed by atoms with E-state index in [4.69, 9.17) is 10.8 Å². The van der Waals surface area contributed by atoms with Crippen LogP contribution in [-0.2, 0) is 0 Å². The Morgan fingerprint density at radius 2 is 2.14 bits per heavy atom. The summed E-state index contributed by atoms with van der Waals surface area (Å²) in [6.45, 7) is 3.94. The van der Waals surface area contributed by atoms with E-state index < -0.39 is 5.97 Å². The van der Waals surface area contributed by atoms with Crippen LogP contribution in [0.2, 0.25) is 0 Å². The molecule has 1 atom stereocenters. The van der Waals surface area contributed by atoms with Crippen LogP contribution in [0.4, 0.5) is 0 Å². The fraction of sp³-hybridized carbons (Fsp3) is 0.400. The Morgan fingerprint density at radius 1 is 1.50 bits per heavy atom. The lowest BCUT2D eigenvalue weighted by Gasteiger charge is -2.14. The first-order valence-electron chi connectivity index (χ1n) is 4.48. The topological polar surface area (TPSA) is 76.2 Å². The maximum absolute atomic E-state index is 10.6. The van der Waals surface area contributed by atoms with Crippen molar-refractivity contribution in [2.75, 3.05) is 0 Å². The van der Waals surface area contributed by atoms with Gasteiger partial charge in [-0.05, 0) is 18.1 Å². The molecule has 1 aromatic heterocycles. The highest BCUT2D eigenvalue weighted by atomic mass is 16.4. The van der Waals surface area contributed by atoms with Crippen LogP contribution in [0.1, 0.15) is 36.1 Å². The summed E-state index contributed by atoms with van der Waals surface area (Å²) in [7, 11) is 0. The van der Waals surface area contributed by atoms with Gasteiger partial charge in [0.1, 0.15) is 5.69 Å². The van der Waals surface area contributed by atoms with Crippen LogP contribution in [0, 0.1) is 5.92 Å². The largest absolute Gasteiger partial charge is 0.477 e. The van der Waals surface area contributed by atoms with E-state index in [0.717, 1.165) is 0 Å². The summed E-state index contributed by atoms with van der Waals surface area (Å²) < 4.78 is 0. The predicted octanol–water partition coefficient (Wildman–Crippen LogP) is 1.44. The molecule has 4 heteroatoms. The number of nitrogens with two attached hydrogens (primary N) is 1. The second kappa shape index (κ2) is 4.19. The zero-order valence-electron chi connectivity index (χ0n) is 8.27. The highest BCUT2D eigenvalue weighted by Gasteiger charge is 2.13. The molecule has 14 heavy (non-hydrogen) atoms. The SMILES string of the molecule is CC(C)[C@@H](N)c1cccc(C(=O)O)n1. The van der Waals surface area contributed by atoms with Gasteiger partial charge in [-0.3, -0.25) is 0 Å². The molecule has 0 spiro atoms. The molecule has 0 unspecified atom stereocenters. The molecule has 4 nitrogen and oxygen atoms in total. The zero-order valence-corrected chi connectivity index (χ0v) is 8.27. The van der Waals surface area contributed by atoms with Gasteiger partial charge in [0.05, 0.1) is 5.69 Å². The third-order valence-corrected chi connectivity index (χ3v) is 2.05. The van der Waals surface area contributed by atoms with Crippen molar-refractivity contribution in [2.45, 2.75) is 19.9 Å². The van der Waals surface area contributed by atoms with Crippen LogP contribution in [0.25, 0.3) is 0 Å². The van der Waals surface area contributed by atoms with Gasteiger partial charge in [0.25, 0.3) is 0 Å². The van der Waals surface area contributed by atoms with Gasteiger partial charge in [-0.25, -0.2) is 9.78 Å². The number of pyridine rings is 1. The molecule has 0 bridgehead atoms. The predicted molar refractivity (Wildman–Crippen MR) is 53.0 cm³/mol. The Morgan fingerprint density at radius 3 is 2.64 bits per heavy atom. The number of carbonyl (C=O) groups is 1. The molecule has 0 radical (unpaired) electrons. The number of hydrogen-bond donors (Lipinski definition) is 2. The maximum Gasteiger partial charge on any atom is 0.354 e. The molecule has 1 aromatic rings. The standard InChI is InChI=1S/C10H14N2O2/c1-6(2)9(11)7-4-3-5-8(12-7)10(13)14/h3-6,9H,11H2,1-2H3,(H,13,14)/t9-/m1/s1. The van der Waals surface area contributed by atoms with Gasteiger partial charge in [-0.2, -0.15) is 0 Å². The van der Waals surface area contributed by atoms with Crippen molar-refractivity contribution in [1.29, 1.82) is 0 Å². The fourth-order valence-electron chi connectivity index (χ4n) is 1.10. The summed E-state index contributed by atoms with van der Waals surface area (Å²) in [6, 6.07) is 4.65. The fourth-order valence-corrected chi connectivity index (χ4v) is 1.10. The smallest absolute Gasteiger partial charge is 0.354 e. The lowest BCUT2D eigenvalue weighted by molar-refractivity contribution is 0.0690. The number of rotatable bonds is 3. The van der Waals surface area contributed by atoms with Crippen molar-refractivity contribution in [3.8, 4) is 0 Å². The van der Waals surface area contributed by atoms with Gasteiger partial charge in [-0.1, -0.05) is 19.9 Å². The molecule has 0 aliphatic carbocycles. The molecule has 3 N–H and O–H groups in total. The minimum Gasteiger partial charge on any atom is -0.477 e. The maximum atomic E-state index is 10.6. The average molecular weight is 194 g/mol. The molecule has 76 valence electrons. The van der Waals surface area contributed by atoms with Crippen LogP contribution >= 0.6 is 0 Å². The highest BCUT2D eigenvalue weighted by Crippen LogP contribution is 2.16. The van der Waals surface area contributed by atoms with Crippen molar-refractivity contribution >= 4 is 5.97 Å². The number of aromatic carboxylic acids is 1. The molecule has 1 heterocycles. The first-order valence-corrected chi connectivity index (χ1v) is 4.48. The first-order chi connectivity index (χ1) is 6.52. The monoisotopic (exact) mass is 194 g/mol. The summed E-state index contributed by atoms with van der Waals surface area (Å²) in [5.41, 5.74) is 6.52. The molecule has 0 aliphatic heterocycles. The van der Waals surface area contributed by atoms with Gasteiger partial charge in [-0.15, -0.1) is 0 Å². The van der Waals surface area contributed by atoms with Crippen LogP contribution in [0.5, 0.6) is 0 Å². The van der Waals surface area contributed by atoms with Crippen LogP contribution in [0.3, 0.4) is 0 Å². The van der Waals surface area contributed by atoms with E-state index in [1.165, 1.54) is 6.07 Å². The molecular weight excluding hydrogens is 180 g/mol. The lowest BCUT2D eigenvalue weighted by Crippen LogP contribution is -2.19. The second-order valence-electron chi connectivity index (χ2n) is 3.52. The Hall–Kier alpha value is -1.42. The van der Waals surface area contributed by atoms with Crippen molar-refractivity contribution in [1.82, 2.24) is 4.98 Å². The summed E-state index contributed by atoms with van der Waals surface area (Å²) in [5.74, 6) is -0.783. The van der Waals surface area contributed by atoms with E-state index in [1.807, 2.05) is 13.8 Å². The van der Waals surface area contributed by atoms with E-state index in [2.05, 4.69) is 4.98 Å². The highest BCUT2D eigenvalue weighted by molar-refractivity contribution is 5.85. The minimum absolute atomic E-state index is 0.0404. The van der Waals surface area contributed by atoms with E-state index in [0.29, 0.717) is 5.69 Å². The van der Waals surface area contributed by atoms with Crippen LogP contribution in [-0.4, -0.2) is 16.1 Å². The number of aromatic nitrogens is 1. The van der Waals surface area contributed by atoms with Crippen LogP contribution in [0.15, 0.2) is 18.2 Å². The number of carboxylic acid groups (broad SMARTS) is 1. The lowest BCUT2D eigenvalue weighted by atomic mass is 10.0. The van der Waals surface area contributed by atoms with E-state index >= 15 is 0 Å². The average Bonchev–Trinajstić information content (AvgIpc) is 2.16. The van der Waals surface area contributed by atoms with Crippen molar-refractivity contribution < 1.29 is 9.90 Å². The Labute approximate surface area is 82.8 Å². The quantitative estimate of drug-likeness (QED) is 0.763. The summed E-state index contributed by atoms with van der Waals surface area (Å²) in [5, 5.41) is 8.73. The summed E-state index contributed by atoms with van der Waals surface area (Å²) in [4.78, 5) is 14.6. The van der Waals surface area contributed by atoms with Crippen molar-refractivity contribution in [3.05, 3.63) is 29.6 Å². The normalized spacial score (nSPS) is 12.9. The number of carboxylic acids is 1. The first kappa shape index (κ1) is 10.7. The molecule has 0 aliphatic rings. The Balaban J connectivity index is 2.99. The molecular formula is C10H14N2O2. The molecule has 1 rings (SSSR count). The molecule has 0 saturated carbocycles. The molecule has 0 aromatic carbocycles. The van der Waals surface area contributed by atoms with Gasteiger partial charge in [0, 0.05) is 6.04 Å². The van der Waals surface area contributed by atoms with Crippen molar-refractivity contribution in [3.63, 3.8) is 0 Å². The number of hydrogen-bond acceptors (Lipinski definition) is 3. The summed E-state index contributed by atoms with van der Waals surface area (Å²) in [6.07, 6.45) is 0. The van der Waals surface area contributed by atoms with Gasteiger partial charge in [0.15, 0.2) is 0 Å². The van der Waals surface area contributed by atoms with E-state index in [1.54, 1.807) is 12.1 Å². The van der Waals surface area contributed by atoms with Gasteiger partial charge >= 0.3 is 5.97 Å². The molecule has 0 amide bonds. The molecule has 0 fully saturated rings. The minimum atomic E-state index is -1.03. The van der Waals surface area contributed by atoms with Gasteiger partial charge in [0.2, 0.25) is 0 Å². The molecule has 0 saturated heterocycles. The Bertz CT molecular complexity index is 337. The van der Waals surface area contributed by atoms with Gasteiger partial charge < -0.3 is 10.8 Å². The third-order valence-electron chi connectivity index (χ3n) is 2.05. The van der Waals surface area contributed by atoms with Crippen molar-refractivity contribution in [2.24, 2.45) is 11.7 Å². The van der Waals surface area contributed by atoms with E-state index in [9.17, 15) is 4.79 Å². The van der Waals surface area contributed by atoms with E-state index in [-0.39, 0.29) is 17.7 Å². The zero-order chi connectivity index (χ0) is 10.7. The Kier molecular flexibility index (Phi) is 3.19. The second-order valence-corrected chi connectivity index (χ2v) is 3.52. The third kappa shape index (κ3) is 2.29. The summed E-state index contributed by atoms with van der Waals surface area (Å²) >= 11 is 0. The number of nitrogens with zero attached hydrogens (tertiary/aromatic N) is 1. The van der Waals surface area contributed by atoms with Crippen LogP contribution < -0.4 is 5.73 Å².